The molecule has 0 saturated carbocycles. The molecule has 0 radical (unpaired) electrons. The Balaban J connectivity index is 1.53. The van der Waals surface area contributed by atoms with Crippen LogP contribution in [0.4, 0.5) is 0 Å². The van der Waals surface area contributed by atoms with Crippen LogP contribution in [-0.2, 0) is 11.2 Å². The molecule has 4 nitrogen and oxygen atoms in total. The monoisotopic (exact) mass is 390 g/mol. The molecule has 4 rings (SSSR count). The molecule has 3 heterocycles. The first-order valence-electron chi connectivity index (χ1n) is 8.72. The Morgan fingerprint density at radius 1 is 1.04 bits per heavy atom. The van der Waals surface area contributed by atoms with Gasteiger partial charge in [0.15, 0.2) is 0 Å². The predicted octanol–water partition coefficient (Wildman–Crippen LogP) is 3.34. The zero-order valence-electron chi connectivity index (χ0n) is 14.4. The highest BCUT2D eigenvalue weighted by Crippen LogP contribution is 2.38. The first kappa shape index (κ1) is 18.1. The summed E-state index contributed by atoms with van der Waals surface area (Å²) in [4.78, 5) is 0.883. The lowest BCUT2D eigenvalue weighted by molar-refractivity contribution is -0.205. The number of fused-ring (bicyclic) bond motifs is 1. The minimum absolute atomic E-state index is 0.166. The van der Waals surface area contributed by atoms with Gasteiger partial charge in [0.25, 0.3) is 0 Å². The Bertz CT molecular complexity index is 885. The SMILES string of the molecule is C[C@H]1[C@H](O)[C@@H](O)[C@H](c2cc(Cc3ccc4sccc4c3)cs2)O[C@@H]1CO. The van der Waals surface area contributed by atoms with Crippen LogP contribution in [0.15, 0.2) is 41.1 Å². The van der Waals surface area contributed by atoms with Crippen LogP contribution in [0.3, 0.4) is 0 Å². The van der Waals surface area contributed by atoms with E-state index in [-0.39, 0.29) is 12.5 Å². The summed E-state index contributed by atoms with van der Waals surface area (Å²) in [7, 11) is 0. The van der Waals surface area contributed by atoms with Crippen molar-refractivity contribution in [2.24, 2.45) is 5.92 Å². The van der Waals surface area contributed by atoms with E-state index in [0.29, 0.717) is 0 Å². The van der Waals surface area contributed by atoms with Gasteiger partial charge >= 0.3 is 0 Å². The standard InChI is InChI=1S/C20H22O4S2/c1-11-15(9-21)24-20(19(23)18(11)22)17-8-13(10-26-17)6-12-2-3-16-14(7-12)4-5-25-16/h2-5,7-8,10-11,15,18-23H,6,9H2,1H3/t11-,15-,18+,19-,20+/m1/s1. The van der Waals surface area contributed by atoms with Crippen LogP contribution in [0.1, 0.15) is 29.0 Å². The predicted molar refractivity (Wildman–Crippen MR) is 105 cm³/mol. The van der Waals surface area contributed by atoms with Gasteiger partial charge in [0.05, 0.1) is 18.8 Å². The fourth-order valence-corrected chi connectivity index (χ4v) is 5.30. The topological polar surface area (TPSA) is 69.9 Å². The van der Waals surface area contributed by atoms with Crippen LogP contribution in [0.2, 0.25) is 0 Å². The quantitative estimate of drug-likeness (QED) is 0.639. The van der Waals surface area contributed by atoms with E-state index in [9.17, 15) is 15.3 Å². The molecular weight excluding hydrogens is 368 g/mol. The van der Waals surface area contributed by atoms with Gasteiger partial charge in [-0.25, -0.2) is 0 Å². The lowest BCUT2D eigenvalue weighted by atomic mass is 9.87. The van der Waals surface area contributed by atoms with Crippen molar-refractivity contribution in [3.05, 3.63) is 57.1 Å². The fourth-order valence-electron chi connectivity index (χ4n) is 3.55. The third-order valence-electron chi connectivity index (χ3n) is 5.17. The molecule has 0 amide bonds. The Labute approximate surface area is 160 Å². The van der Waals surface area contributed by atoms with Crippen molar-refractivity contribution >= 4 is 32.8 Å². The minimum atomic E-state index is -0.985. The summed E-state index contributed by atoms with van der Waals surface area (Å²) in [6.07, 6.45) is -2.15. The summed E-state index contributed by atoms with van der Waals surface area (Å²) in [6.45, 7) is 1.62. The molecule has 1 saturated heterocycles. The normalized spacial score (nSPS) is 29.3. The highest BCUT2D eigenvalue weighted by molar-refractivity contribution is 7.17. The molecule has 1 aromatic carbocycles. The van der Waals surface area contributed by atoms with Crippen molar-refractivity contribution in [1.29, 1.82) is 0 Å². The van der Waals surface area contributed by atoms with Gasteiger partial charge in [-0.1, -0.05) is 13.0 Å². The number of benzene rings is 1. The van der Waals surface area contributed by atoms with Gasteiger partial charge in [-0.2, -0.15) is 0 Å². The minimum Gasteiger partial charge on any atom is -0.394 e. The Morgan fingerprint density at radius 3 is 2.69 bits per heavy atom. The number of rotatable bonds is 4. The lowest BCUT2D eigenvalue weighted by Crippen LogP contribution is -2.50. The molecule has 0 aliphatic carbocycles. The van der Waals surface area contributed by atoms with E-state index in [0.717, 1.165) is 16.9 Å². The number of aliphatic hydroxyl groups is 3. The summed E-state index contributed by atoms with van der Waals surface area (Å²) >= 11 is 3.27. The maximum absolute atomic E-state index is 10.4. The lowest BCUT2D eigenvalue weighted by Gasteiger charge is -2.40. The second-order valence-corrected chi connectivity index (χ2v) is 8.84. The van der Waals surface area contributed by atoms with Gasteiger partial charge in [0, 0.05) is 15.5 Å². The van der Waals surface area contributed by atoms with Crippen LogP contribution >= 0.6 is 22.7 Å². The van der Waals surface area contributed by atoms with E-state index < -0.39 is 24.4 Å². The van der Waals surface area contributed by atoms with Crippen LogP contribution < -0.4 is 0 Å². The van der Waals surface area contributed by atoms with Crippen molar-refractivity contribution in [2.45, 2.75) is 37.8 Å². The molecule has 3 aromatic rings. The van der Waals surface area contributed by atoms with Gasteiger partial charge in [-0.05, 0) is 58.0 Å². The maximum Gasteiger partial charge on any atom is 0.121 e. The zero-order chi connectivity index (χ0) is 18.3. The molecule has 2 aromatic heterocycles. The second kappa shape index (κ2) is 7.38. The zero-order valence-corrected chi connectivity index (χ0v) is 16.0. The summed E-state index contributed by atoms with van der Waals surface area (Å²) in [5, 5.41) is 35.6. The molecule has 5 atom stereocenters. The Kier molecular flexibility index (Phi) is 5.14. The van der Waals surface area contributed by atoms with Crippen molar-refractivity contribution in [3.8, 4) is 0 Å². The second-order valence-electron chi connectivity index (χ2n) is 6.94. The third kappa shape index (κ3) is 3.33. The summed E-state index contributed by atoms with van der Waals surface area (Å²) in [5.41, 5.74) is 2.40. The Hall–Kier alpha value is -1.28. The molecule has 1 aliphatic heterocycles. The largest absolute Gasteiger partial charge is 0.394 e. The van der Waals surface area contributed by atoms with E-state index in [4.69, 9.17) is 4.74 Å². The van der Waals surface area contributed by atoms with E-state index in [1.807, 2.05) is 6.07 Å². The first-order valence-corrected chi connectivity index (χ1v) is 10.5. The smallest absolute Gasteiger partial charge is 0.121 e. The molecule has 3 N–H and O–H groups in total. The van der Waals surface area contributed by atoms with Crippen molar-refractivity contribution in [2.75, 3.05) is 6.61 Å². The van der Waals surface area contributed by atoms with Crippen molar-refractivity contribution < 1.29 is 20.1 Å². The van der Waals surface area contributed by atoms with E-state index in [2.05, 4.69) is 35.0 Å². The number of hydrogen-bond donors (Lipinski definition) is 3. The number of aliphatic hydroxyl groups excluding tert-OH is 3. The van der Waals surface area contributed by atoms with Crippen molar-refractivity contribution in [1.82, 2.24) is 0 Å². The van der Waals surface area contributed by atoms with Crippen LogP contribution in [0.25, 0.3) is 10.1 Å². The summed E-state index contributed by atoms with van der Waals surface area (Å²) in [6, 6.07) is 10.7. The van der Waals surface area contributed by atoms with Crippen LogP contribution in [-0.4, -0.2) is 40.2 Å². The maximum atomic E-state index is 10.4. The molecule has 0 spiro atoms. The first-order chi connectivity index (χ1) is 12.6. The van der Waals surface area contributed by atoms with Gasteiger partial charge in [0.2, 0.25) is 0 Å². The molecule has 0 bridgehead atoms. The van der Waals surface area contributed by atoms with Crippen LogP contribution in [0.5, 0.6) is 0 Å². The number of hydrogen-bond acceptors (Lipinski definition) is 6. The van der Waals surface area contributed by atoms with Crippen molar-refractivity contribution in [3.63, 3.8) is 0 Å². The average molecular weight is 391 g/mol. The average Bonchev–Trinajstić information content (AvgIpc) is 3.29. The Morgan fingerprint density at radius 2 is 1.88 bits per heavy atom. The number of ether oxygens (including phenoxy) is 1. The molecule has 1 aliphatic rings. The molecule has 1 fully saturated rings. The summed E-state index contributed by atoms with van der Waals surface area (Å²) in [5.74, 6) is -0.303. The van der Waals surface area contributed by atoms with Gasteiger partial charge < -0.3 is 20.1 Å². The van der Waals surface area contributed by atoms with Gasteiger partial charge in [-0.3, -0.25) is 0 Å². The van der Waals surface area contributed by atoms with E-state index >= 15 is 0 Å². The molecule has 6 heteroatoms. The highest BCUT2D eigenvalue weighted by atomic mass is 32.1. The molecule has 138 valence electrons. The molecule has 26 heavy (non-hydrogen) atoms. The van der Waals surface area contributed by atoms with E-state index in [1.54, 1.807) is 18.3 Å². The van der Waals surface area contributed by atoms with Gasteiger partial charge in [0.1, 0.15) is 12.2 Å². The van der Waals surface area contributed by atoms with E-state index in [1.165, 1.54) is 27.0 Å². The molecule has 0 unspecified atom stereocenters. The summed E-state index contributed by atoms with van der Waals surface area (Å²) < 4.78 is 7.17. The number of thiophene rings is 2. The third-order valence-corrected chi connectivity index (χ3v) is 7.11. The molecular formula is C20H22O4S2. The highest BCUT2D eigenvalue weighted by Gasteiger charge is 2.42. The van der Waals surface area contributed by atoms with Gasteiger partial charge in [-0.15, -0.1) is 22.7 Å². The van der Waals surface area contributed by atoms with Crippen LogP contribution in [0, 0.1) is 5.92 Å². The fraction of sp³-hybridized carbons (Fsp3) is 0.400.